The van der Waals surface area contributed by atoms with E-state index in [1.54, 1.807) is 0 Å². The Morgan fingerprint density at radius 3 is 2.48 bits per heavy atom. The average Bonchev–Trinajstić information content (AvgIpc) is 3.06. The third kappa shape index (κ3) is 3.62. The Morgan fingerprint density at radius 1 is 1.09 bits per heavy atom. The van der Waals surface area contributed by atoms with Crippen molar-refractivity contribution >= 4 is 5.90 Å². The molecule has 1 aliphatic heterocycles. The lowest BCUT2D eigenvalue weighted by molar-refractivity contribution is 0.178. The van der Waals surface area contributed by atoms with E-state index in [4.69, 9.17) is 9.73 Å². The zero-order valence-electron chi connectivity index (χ0n) is 13.6. The van der Waals surface area contributed by atoms with Gasteiger partial charge in [0.25, 0.3) is 0 Å². The van der Waals surface area contributed by atoms with Crippen molar-refractivity contribution in [2.45, 2.75) is 32.4 Å². The van der Waals surface area contributed by atoms with Gasteiger partial charge in [-0.25, -0.2) is 4.99 Å². The fourth-order valence-electron chi connectivity index (χ4n) is 2.79. The van der Waals surface area contributed by atoms with Gasteiger partial charge in [0, 0.05) is 12.0 Å². The van der Waals surface area contributed by atoms with Crippen LogP contribution in [0.2, 0.25) is 0 Å². The molecular weight excluding hydrogens is 286 g/mol. The van der Waals surface area contributed by atoms with Gasteiger partial charge in [-0.05, 0) is 23.1 Å². The van der Waals surface area contributed by atoms with E-state index in [1.807, 2.05) is 54.6 Å². The fraction of sp³-hybridized carbons (Fsp3) is 0.350. The molecule has 0 bridgehead atoms. The van der Waals surface area contributed by atoms with Crippen molar-refractivity contribution < 1.29 is 9.84 Å². The van der Waals surface area contributed by atoms with E-state index < -0.39 is 6.10 Å². The Balaban J connectivity index is 1.83. The average molecular weight is 309 g/mol. The van der Waals surface area contributed by atoms with E-state index in [2.05, 4.69) is 13.8 Å². The van der Waals surface area contributed by atoms with Crippen molar-refractivity contribution in [1.29, 1.82) is 0 Å². The number of hydrogen-bond donors (Lipinski definition) is 1. The first kappa shape index (κ1) is 15.8. The predicted molar refractivity (Wildman–Crippen MR) is 92.7 cm³/mol. The van der Waals surface area contributed by atoms with Crippen LogP contribution in [0, 0.1) is 5.92 Å². The number of benzene rings is 2. The molecule has 3 nitrogen and oxygen atoms in total. The molecule has 2 aromatic carbocycles. The molecule has 1 heterocycles. The number of rotatable bonds is 5. The van der Waals surface area contributed by atoms with Gasteiger partial charge < -0.3 is 9.84 Å². The molecule has 0 fully saturated rings. The summed E-state index contributed by atoms with van der Waals surface area (Å²) in [6.07, 6.45) is 0.0230. The van der Waals surface area contributed by atoms with Crippen LogP contribution in [0.25, 0.3) is 0 Å². The summed E-state index contributed by atoms with van der Waals surface area (Å²) < 4.78 is 5.81. The molecule has 0 saturated heterocycles. The summed E-state index contributed by atoms with van der Waals surface area (Å²) in [5.41, 5.74) is 2.98. The van der Waals surface area contributed by atoms with Gasteiger partial charge in [0.1, 0.15) is 6.61 Å². The largest absolute Gasteiger partial charge is 0.475 e. The molecule has 0 spiro atoms. The molecular formula is C20H23NO2. The highest BCUT2D eigenvalue weighted by Gasteiger charge is 2.24. The number of aliphatic hydroxyl groups excluding tert-OH is 1. The predicted octanol–water partition coefficient (Wildman–Crippen LogP) is 3.76. The molecule has 0 saturated carbocycles. The molecule has 0 amide bonds. The van der Waals surface area contributed by atoms with Crippen LogP contribution in [0.5, 0.6) is 0 Å². The van der Waals surface area contributed by atoms with Gasteiger partial charge in [-0.15, -0.1) is 0 Å². The van der Waals surface area contributed by atoms with Gasteiger partial charge in [-0.3, -0.25) is 0 Å². The first-order valence-corrected chi connectivity index (χ1v) is 8.17. The van der Waals surface area contributed by atoms with Crippen LogP contribution in [0.4, 0.5) is 0 Å². The van der Waals surface area contributed by atoms with Crippen LogP contribution in [0.3, 0.4) is 0 Å². The Hall–Kier alpha value is -2.13. The van der Waals surface area contributed by atoms with Crippen LogP contribution in [0.1, 0.15) is 36.6 Å². The highest BCUT2D eigenvalue weighted by atomic mass is 16.5. The molecule has 120 valence electrons. The van der Waals surface area contributed by atoms with Crippen molar-refractivity contribution in [2.24, 2.45) is 10.9 Å². The Bertz CT molecular complexity index is 679. The van der Waals surface area contributed by atoms with Gasteiger partial charge in [0.15, 0.2) is 0 Å². The standard InChI is InChI=1S/C20H23NO2/c1-14(2)18-13-23-20(21-18)17-11-7-6-10-16(17)12-19(22)15-8-4-3-5-9-15/h3-11,14,18-19,22H,12-13H2,1-2H3/t18-,19+/m1/s1. The molecule has 0 radical (unpaired) electrons. The van der Waals surface area contributed by atoms with Crippen molar-refractivity contribution in [2.75, 3.05) is 6.61 Å². The lowest BCUT2D eigenvalue weighted by Gasteiger charge is -2.14. The van der Waals surface area contributed by atoms with E-state index in [9.17, 15) is 5.11 Å². The molecule has 0 aliphatic carbocycles. The second kappa shape index (κ2) is 6.97. The molecule has 2 atom stereocenters. The topological polar surface area (TPSA) is 41.8 Å². The molecule has 23 heavy (non-hydrogen) atoms. The van der Waals surface area contributed by atoms with Crippen LogP contribution in [-0.2, 0) is 11.2 Å². The van der Waals surface area contributed by atoms with Crippen LogP contribution >= 0.6 is 0 Å². The van der Waals surface area contributed by atoms with Crippen LogP contribution < -0.4 is 0 Å². The normalized spacial score (nSPS) is 18.6. The van der Waals surface area contributed by atoms with Crippen molar-refractivity contribution in [3.63, 3.8) is 0 Å². The Kier molecular flexibility index (Phi) is 4.77. The monoisotopic (exact) mass is 309 g/mol. The SMILES string of the molecule is CC(C)[C@H]1COC(c2ccccc2C[C@H](O)c2ccccc2)=N1. The number of aliphatic imine (C=N–C) groups is 1. The maximum absolute atomic E-state index is 10.5. The summed E-state index contributed by atoms with van der Waals surface area (Å²) >= 11 is 0. The van der Waals surface area contributed by atoms with Crippen LogP contribution in [-0.4, -0.2) is 23.7 Å². The second-order valence-corrected chi connectivity index (χ2v) is 6.34. The minimum absolute atomic E-state index is 0.220. The molecule has 0 unspecified atom stereocenters. The highest BCUT2D eigenvalue weighted by molar-refractivity contribution is 5.96. The molecule has 1 aliphatic rings. The van der Waals surface area contributed by atoms with E-state index in [1.165, 1.54) is 0 Å². The number of ether oxygens (including phenoxy) is 1. The number of nitrogens with zero attached hydrogens (tertiary/aromatic N) is 1. The lowest BCUT2D eigenvalue weighted by Crippen LogP contribution is -2.13. The van der Waals surface area contributed by atoms with Crippen molar-refractivity contribution in [3.05, 3.63) is 71.3 Å². The number of aliphatic hydroxyl groups is 1. The Morgan fingerprint density at radius 2 is 1.78 bits per heavy atom. The van der Waals surface area contributed by atoms with E-state index in [0.717, 1.165) is 16.7 Å². The highest BCUT2D eigenvalue weighted by Crippen LogP contribution is 2.24. The lowest BCUT2D eigenvalue weighted by atomic mass is 9.97. The molecule has 1 N–H and O–H groups in total. The molecule has 2 aromatic rings. The van der Waals surface area contributed by atoms with Gasteiger partial charge in [0.2, 0.25) is 5.90 Å². The molecule has 3 rings (SSSR count). The Labute approximate surface area is 137 Å². The minimum Gasteiger partial charge on any atom is -0.475 e. The first-order valence-electron chi connectivity index (χ1n) is 8.17. The third-order valence-electron chi connectivity index (χ3n) is 4.29. The summed E-state index contributed by atoms with van der Waals surface area (Å²) in [7, 11) is 0. The van der Waals surface area contributed by atoms with Gasteiger partial charge >= 0.3 is 0 Å². The van der Waals surface area contributed by atoms with E-state index >= 15 is 0 Å². The van der Waals surface area contributed by atoms with Crippen molar-refractivity contribution in [3.8, 4) is 0 Å². The third-order valence-corrected chi connectivity index (χ3v) is 4.29. The second-order valence-electron chi connectivity index (χ2n) is 6.34. The smallest absolute Gasteiger partial charge is 0.216 e. The molecule has 3 heteroatoms. The van der Waals surface area contributed by atoms with Gasteiger partial charge in [-0.2, -0.15) is 0 Å². The molecule has 0 aromatic heterocycles. The quantitative estimate of drug-likeness (QED) is 0.913. The van der Waals surface area contributed by atoms with Gasteiger partial charge in [-0.1, -0.05) is 62.4 Å². The summed E-state index contributed by atoms with van der Waals surface area (Å²) in [5.74, 6) is 1.18. The van der Waals surface area contributed by atoms with Crippen molar-refractivity contribution in [1.82, 2.24) is 0 Å². The van der Waals surface area contributed by atoms with Crippen LogP contribution in [0.15, 0.2) is 59.6 Å². The minimum atomic E-state index is -0.528. The van der Waals surface area contributed by atoms with E-state index in [0.29, 0.717) is 24.8 Å². The fourth-order valence-corrected chi connectivity index (χ4v) is 2.79. The maximum atomic E-state index is 10.5. The van der Waals surface area contributed by atoms with Gasteiger partial charge in [0.05, 0.1) is 12.1 Å². The zero-order valence-corrected chi connectivity index (χ0v) is 13.6. The first-order chi connectivity index (χ1) is 11.1. The summed E-state index contributed by atoms with van der Waals surface area (Å²) in [5, 5.41) is 10.5. The number of hydrogen-bond acceptors (Lipinski definition) is 3. The zero-order chi connectivity index (χ0) is 16.2. The maximum Gasteiger partial charge on any atom is 0.216 e. The summed E-state index contributed by atoms with van der Waals surface area (Å²) in [6, 6.07) is 18.0. The van der Waals surface area contributed by atoms with E-state index in [-0.39, 0.29) is 6.04 Å². The summed E-state index contributed by atoms with van der Waals surface area (Å²) in [4.78, 5) is 4.71. The summed E-state index contributed by atoms with van der Waals surface area (Å²) in [6.45, 7) is 4.96.